The Balaban J connectivity index is 1.82. The van der Waals surface area contributed by atoms with Gasteiger partial charge in [0.25, 0.3) is 0 Å². The second kappa shape index (κ2) is 11.1. The van der Waals surface area contributed by atoms with E-state index in [-0.39, 0.29) is 18.9 Å². The zero-order valence-electron chi connectivity index (χ0n) is 20.0. The van der Waals surface area contributed by atoms with E-state index in [1.54, 1.807) is 19.1 Å². The maximum Gasteiger partial charge on any atom is 0.338 e. The monoisotopic (exact) mass is 509 g/mol. The molecule has 0 radical (unpaired) electrons. The van der Waals surface area contributed by atoms with Gasteiger partial charge in [0.2, 0.25) is 5.91 Å². The Morgan fingerprint density at radius 2 is 1.86 bits per heavy atom. The molecule has 6 nitrogen and oxygen atoms in total. The highest BCUT2D eigenvalue weighted by molar-refractivity contribution is 8.16. The van der Waals surface area contributed by atoms with E-state index in [0.29, 0.717) is 33.9 Å². The summed E-state index contributed by atoms with van der Waals surface area (Å²) >= 11 is 7.63. The molecule has 2 aromatic carbocycles. The second-order valence-corrected chi connectivity index (χ2v) is 9.94. The normalized spacial score (nSPS) is 17.2. The molecule has 1 N–H and O–H groups in total. The fourth-order valence-electron chi connectivity index (χ4n) is 3.99. The van der Waals surface area contributed by atoms with E-state index in [4.69, 9.17) is 21.3 Å². The van der Waals surface area contributed by atoms with Crippen molar-refractivity contribution in [1.82, 2.24) is 10.2 Å². The number of hydrogen-bond donors (Lipinski definition) is 1. The zero-order chi connectivity index (χ0) is 24.9. The van der Waals surface area contributed by atoms with Crippen molar-refractivity contribution in [2.75, 3.05) is 13.2 Å². The molecule has 0 saturated carbocycles. The molecule has 2 heterocycles. The van der Waals surface area contributed by atoms with Crippen LogP contribution in [0.5, 0.6) is 0 Å². The van der Waals surface area contributed by atoms with Crippen LogP contribution in [-0.4, -0.2) is 35.1 Å². The van der Waals surface area contributed by atoms with Gasteiger partial charge in [-0.15, -0.1) is 0 Å². The molecule has 4 rings (SSSR count). The molecule has 0 aliphatic carbocycles. The number of fused-ring (bicyclic) bond motifs is 1. The summed E-state index contributed by atoms with van der Waals surface area (Å²) in [6, 6.07) is 16.5. The predicted molar refractivity (Wildman–Crippen MR) is 142 cm³/mol. The van der Waals surface area contributed by atoms with Gasteiger partial charge >= 0.3 is 5.97 Å². The molecule has 2 aliphatic heterocycles. The molecule has 0 bridgehead atoms. The minimum absolute atomic E-state index is 0.0721. The number of carbonyl (C=O) groups excluding carboxylic acids is 2. The van der Waals surface area contributed by atoms with E-state index in [1.807, 2.05) is 52.8 Å². The van der Waals surface area contributed by atoms with Crippen LogP contribution in [-0.2, 0) is 14.3 Å². The van der Waals surface area contributed by atoms with Gasteiger partial charge in [-0.2, -0.15) is 0 Å². The lowest BCUT2D eigenvalue weighted by Crippen LogP contribution is -2.38. The van der Waals surface area contributed by atoms with Gasteiger partial charge in [-0.3, -0.25) is 4.79 Å². The van der Waals surface area contributed by atoms with Crippen molar-refractivity contribution >= 4 is 46.1 Å². The van der Waals surface area contributed by atoms with Crippen LogP contribution in [0.2, 0.25) is 5.02 Å². The SMILES string of the molecule is CCOC(=O)C1=C(c2ccccc2)N=C2SC=C(CC(=O)NCC(C)C)N2[C@H]1c1ccc(Cl)cc1. The summed E-state index contributed by atoms with van der Waals surface area (Å²) < 4.78 is 5.51. The summed E-state index contributed by atoms with van der Waals surface area (Å²) in [7, 11) is 0. The predicted octanol–water partition coefficient (Wildman–Crippen LogP) is 5.78. The molecule has 182 valence electrons. The summed E-state index contributed by atoms with van der Waals surface area (Å²) in [5.74, 6) is -0.154. The first-order valence-electron chi connectivity index (χ1n) is 11.6. The van der Waals surface area contributed by atoms with Crippen LogP contribution in [0.1, 0.15) is 44.4 Å². The molecule has 0 fully saturated rings. The lowest BCUT2D eigenvalue weighted by molar-refractivity contribution is -0.139. The van der Waals surface area contributed by atoms with Gasteiger partial charge in [-0.25, -0.2) is 9.79 Å². The Bertz CT molecular complexity index is 1190. The minimum atomic E-state index is -0.520. The topological polar surface area (TPSA) is 71.0 Å². The summed E-state index contributed by atoms with van der Waals surface area (Å²) in [5.41, 5.74) is 3.46. The van der Waals surface area contributed by atoms with Gasteiger partial charge in [-0.05, 0) is 35.9 Å². The van der Waals surface area contributed by atoms with Crippen LogP contribution in [0.15, 0.2) is 76.3 Å². The first-order chi connectivity index (χ1) is 16.9. The number of amidine groups is 1. The number of hydrogen-bond acceptors (Lipinski definition) is 6. The first kappa shape index (κ1) is 25.1. The third-order valence-electron chi connectivity index (χ3n) is 5.59. The number of nitrogens with zero attached hydrogens (tertiary/aromatic N) is 2. The fraction of sp³-hybridized carbons (Fsp3) is 0.296. The molecule has 0 spiro atoms. The van der Waals surface area contributed by atoms with Gasteiger partial charge in [0.1, 0.15) is 0 Å². The molecule has 1 amide bonds. The third kappa shape index (κ3) is 5.63. The lowest BCUT2D eigenvalue weighted by atomic mass is 9.91. The summed E-state index contributed by atoms with van der Waals surface area (Å²) in [6.07, 6.45) is 0.180. The number of rotatable bonds is 8. The molecule has 0 aromatic heterocycles. The van der Waals surface area contributed by atoms with Crippen LogP contribution >= 0.6 is 23.4 Å². The highest BCUT2D eigenvalue weighted by atomic mass is 35.5. The number of thioether (sulfide) groups is 1. The third-order valence-corrected chi connectivity index (χ3v) is 6.73. The Morgan fingerprint density at radius 1 is 1.14 bits per heavy atom. The Morgan fingerprint density at radius 3 is 2.51 bits per heavy atom. The molecule has 0 saturated heterocycles. The van der Waals surface area contributed by atoms with E-state index in [9.17, 15) is 9.59 Å². The van der Waals surface area contributed by atoms with Crippen molar-refractivity contribution in [2.45, 2.75) is 33.2 Å². The van der Waals surface area contributed by atoms with E-state index < -0.39 is 12.0 Å². The van der Waals surface area contributed by atoms with Crippen LogP contribution in [0.3, 0.4) is 0 Å². The van der Waals surface area contributed by atoms with Crippen molar-refractivity contribution in [3.63, 3.8) is 0 Å². The summed E-state index contributed by atoms with van der Waals surface area (Å²) in [6.45, 7) is 6.73. The number of halogens is 1. The Kier molecular flexibility index (Phi) is 7.98. The largest absolute Gasteiger partial charge is 0.463 e. The first-order valence-corrected chi connectivity index (χ1v) is 12.9. The van der Waals surface area contributed by atoms with Gasteiger partial charge < -0.3 is 15.0 Å². The van der Waals surface area contributed by atoms with Crippen LogP contribution < -0.4 is 5.32 Å². The van der Waals surface area contributed by atoms with Crippen molar-refractivity contribution < 1.29 is 14.3 Å². The number of aliphatic imine (C=N–C) groups is 1. The van der Waals surface area contributed by atoms with E-state index in [2.05, 4.69) is 19.2 Å². The van der Waals surface area contributed by atoms with Crippen molar-refractivity contribution in [3.05, 3.63) is 87.4 Å². The van der Waals surface area contributed by atoms with E-state index >= 15 is 0 Å². The maximum atomic E-state index is 13.4. The summed E-state index contributed by atoms with van der Waals surface area (Å²) in [4.78, 5) is 33.0. The van der Waals surface area contributed by atoms with Gasteiger partial charge in [0.15, 0.2) is 5.17 Å². The number of carbonyl (C=O) groups is 2. The van der Waals surface area contributed by atoms with Crippen LogP contribution in [0.25, 0.3) is 5.70 Å². The Labute approximate surface area is 215 Å². The second-order valence-electron chi connectivity index (χ2n) is 8.67. The Hall–Kier alpha value is -3.03. The van der Waals surface area contributed by atoms with Gasteiger partial charge in [0, 0.05) is 22.8 Å². The molecule has 1 atom stereocenters. The maximum absolute atomic E-state index is 13.4. The van der Waals surface area contributed by atoms with E-state index in [1.165, 1.54) is 11.8 Å². The highest BCUT2D eigenvalue weighted by Crippen LogP contribution is 2.47. The molecule has 2 aromatic rings. The van der Waals surface area contributed by atoms with Crippen molar-refractivity contribution in [2.24, 2.45) is 10.9 Å². The van der Waals surface area contributed by atoms with E-state index in [0.717, 1.165) is 16.8 Å². The quantitative estimate of drug-likeness (QED) is 0.457. The number of esters is 1. The molecule has 2 aliphatic rings. The standard InChI is InChI=1S/C27H28ClN3O3S/c1-4-34-26(33)23-24(18-8-6-5-7-9-18)30-27-31(25(23)19-10-12-20(28)13-11-19)21(16-35-27)14-22(32)29-15-17(2)3/h5-13,16-17,25H,4,14-15H2,1-3H3,(H,29,32)/t25-/m0/s1. The number of ether oxygens (including phenoxy) is 1. The fourth-order valence-corrected chi connectivity index (χ4v) is 5.04. The zero-order valence-corrected chi connectivity index (χ0v) is 21.5. The van der Waals surface area contributed by atoms with Gasteiger partial charge in [-0.1, -0.05) is 79.7 Å². The number of benzene rings is 2. The number of amides is 1. The van der Waals surface area contributed by atoms with Gasteiger partial charge in [0.05, 0.1) is 30.3 Å². The van der Waals surface area contributed by atoms with Crippen molar-refractivity contribution in [3.8, 4) is 0 Å². The number of nitrogens with one attached hydrogen (secondary N) is 1. The minimum Gasteiger partial charge on any atom is -0.463 e. The molecule has 8 heteroatoms. The molecule has 35 heavy (non-hydrogen) atoms. The average molecular weight is 510 g/mol. The molecule has 0 unspecified atom stereocenters. The molecular formula is C27H28ClN3O3S. The summed E-state index contributed by atoms with van der Waals surface area (Å²) in [5, 5.41) is 6.23. The average Bonchev–Trinajstić information content (AvgIpc) is 3.25. The molecular weight excluding hydrogens is 482 g/mol. The van der Waals surface area contributed by atoms with Crippen molar-refractivity contribution in [1.29, 1.82) is 0 Å². The highest BCUT2D eigenvalue weighted by Gasteiger charge is 2.42. The van der Waals surface area contributed by atoms with Crippen LogP contribution in [0, 0.1) is 5.92 Å². The lowest BCUT2D eigenvalue weighted by Gasteiger charge is -2.36. The smallest absolute Gasteiger partial charge is 0.338 e. The van der Waals surface area contributed by atoms with Crippen LogP contribution in [0.4, 0.5) is 0 Å².